The highest BCUT2D eigenvalue weighted by molar-refractivity contribution is 9.10. The highest BCUT2D eigenvalue weighted by Crippen LogP contribution is 2.29. The third-order valence-corrected chi connectivity index (χ3v) is 2.69. The van der Waals surface area contributed by atoms with Crippen molar-refractivity contribution in [1.29, 1.82) is 0 Å². The molecule has 2 N–H and O–H groups in total. The van der Waals surface area contributed by atoms with E-state index in [1.165, 1.54) is 13.0 Å². The van der Waals surface area contributed by atoms with E-state index in [1.807, 2.05) is 0 Å². The predicted octanol–water partition coefficient (Wildman–Crippen LogP) is 2.80. The molecule has 7 heteroatoms. The second-order valence-corrected chi connectivity index (χ2v) is 4.64. The minimum atomic E-state index is -4.72. The SMILES string of the molecule is CC(O)c1cc(Br)ccc1OCC(O)C(F)(F)F. The van der Waals surface area contributed by atoms with Crippen molar-refractivity contribution in [2.45, 2.75) is 25.3 Å². The van der Waals surface area contributed by atoms with Crippen molar-refractivity contribution in [3.05, 3.63) is 28.2 Å². The number of alkyl halides is 3. The van der Waals surface area contributed by atoms with Gasteiger partial charge in [0.05, 0.1) is 6.10 Å². The summed E-state index contributed by atoms with van der Waals surface area (Å²) in [7, 11) is 0. The van der Waals surface area contributed by atoms with Gasteiger partial charge in [0.1, 0.15) is 12.4 Å². The molecule has 0 aliphatic carbocycles. The largest absolute Gasteiger partial charge is 0.490 e. The van der Waals surface area contributed by atoms with Gasteiger partial charge >= 0.3 is 6.18 Å². The standard InChI is InChI=1S/C11H12BrF3O3/c1-6(16)8-4-7(12)2-3-9(8)18-5-10(17)11(13,14)15/h2-4,6,10,16-17H,5H2,1H3. The van der Waals surface area contributed by atoms with Crippen LogP contribution in [0.5, 0.6) is 5.75 Å². The van der Waals surface area contributed by atoms with Crippen LogP contribution in [0, 0.1) is 0 Å². The average Bonchev–Trinajstić information content (AvgIpc) is 2.25. The molecule has 0 radical (unpaired) electrons. The highest BCUT2D eigenvalue weighted by atomic mass is 79.9. The highest BCUT2D eigenvalue weighted by Gasteiger charge is 2.38. The number of hydrogen-bond acceptors (Lipinski definition) is 3. The second-order valence-electron chi connectivity index (χ2n) is 3.73. The fraction of sp³-hybridized carbons (Fsp3) is 0.455. The van der Waals surface area contributed by atoms with Gasteiger partial charge in [0.15, 0.2) is 6.10 Å². The van der Waals surface area contributed by atoms with E-state index in [1.54, 1.807) is 12.1 Å². The second kappa shape index (κ2) is 5.90. The molecule has 0 fully saturated rings. The lowest BCUT2D eigenvalue weighted by atomic mass is 10.1. The fourth-order valence-corrected chi connectivity index (χ4v) is 1.62. The lowest BCUT2D eigenvalue weighted by molar-refractivity contribution is -0.210. The van der Waals surface area contributed by atoms with Gasteiger partial charge in [-0.25, -0.2) is 0 Å². The number of ether oxygens (including phenoxy) is 1. The molecular weight excluding hydrogens is 317 g/mol. The van der Waals surface area contributed by atoms with Crippen LogP contribution in [0.4, 0.5) is 13.2 Å². The first kappa shape index (κ1) is 15.3. The quantitative estimate of drug-likeness (QED) is 0.893. The molecule has 2 atom stereocenters. The maximum Gasteiger partial charge on any atom is 0.417 e. The minimum Gasteiger partial charge on any atom is -0.490 e. The van der Waals surface area contributed by atoms with Crippen molar-refractivity contribution in [3.8, 4) is 5.75 Å². The van der Waals surface area contributed by atoms with E-state index >= 15 is 0 Å². The van der Waals surface area contributed by atoms with E-state index in [0.29, 0.717) is 10.0 Å². The number of halogens is 4. The summed E-state index contributed by atoms with van der Waals surface area (Å²) < 4.78 is 41.8. The normalized spacial score (nSPS) is 15.3. The van der Waals surface area contributed by atoms with Crippen LogP contribution >= 0.6 is 15.9 Å². The van der Waals surface area contributed by atoms with Gasteiger partial charge in [-0.05, 0) is 25.1 Å². The topological polar surface area (TPSA) is 49.7 Å². The van der Waals surface area contributed by atoms with Gasteiger partial charge < -0.3 is 14.9 Å². The molecule has 0 saturated heterocycles. The Morgan fingerprint density at radius 1 is 1.33 bits per heavy atom. The Bertz CT molecular complexity index is 407. The average molecular weight is 329 g/mol. The summed E-state index contributed by atoms with van der Waals surface area (Å²) in [6.07, 6.45) is -8.16. The summed E-state index contributed by atoms with van der Waals surface area (Å²) in [6.45, 7) is 0.555. The van der Waals surface area contributed by atoms with Crippen LogP contribution in [0.1, 0.15) is 18.6 Å². The number of aliphatic hydroxyl groups is 2. The molecule has 3 nitrogen and oxygen atoms in total. The Kier molecular flexibility index (Phi) is 5.01. The van der Waals surface area contributed by atoms with Crippen LogP contribution in [0.2, 0.25) is 0 Å². The number of rotatable bonds is 4. The summed E-state index contributed by atoms with van der Waals surface area (Å²) in [4.78, 5) is 0. The van der Waals surface area contributed by atoms with E-state index in [2.05, 4.69) is 15.9 Å². The van der Waals surface area contributed by atoms with Crippen LogP contribution in [-0.2, 0) is 0 Å². The van der Waals surface area contributed by atoms with Crippen LogP contribution < -0.4 is 4.74 Å². The molecule has 1 aromatic carbocycles. The van der Waals surface area contributed by atoms with Crippen molar-refractivity contribution < 1.29 is 28.1 Å². The summed E-state index contributed by atoms with van der Waals surface area (Å²) in [5, 5.41) is 18.3. The van der Waals surface area contributed by atoms with Crippen molar-refractivity contribution in [2.24, 2.45) is 0 Å². The van der Waals surface area contributed by atoms with E-state index in [0.717, 1.165) is 0 Å². The Morgan fingerprint density at radius 2 is 1.94 bits per heavy atom. The third-order valence-electron chi connectivity index (χ3n) is 2.20. The Labute approximate surface area is 110 Å². The van der Waals surface area contributed by atoms with Crippen LogP contribution in [-0.4, -0.2) is 29.1 Å². The summed E-state index contributed by atoms with van der Waals surface area (Å²) in [5.74, 6) is 0.108. The zero-order chi connectivity index (χ0) is 13.9. The number of benzene rings is 1. The van der Waals surface area contributed by atoms with Crippen molar-refractivity contribution in [3.63, 3.8) is 0 Å². The van der Waals surface area contributed by atoms with Gasteiger partial charge in [0.2, 0.25) is 0 Å². The maximum atomic E-state index is 12.1. The van der Waals surface area contributed by atoms with Crippen molar-refractivity contribution >= 4 is 15.9 Å². The molecule has 1 rings (SSSR count). The van der Waals surface area contributed by atoms with Gasteiger partial charge in [-0.15, -0.1) is 0 Å². The first-order chi connectivity index (χ1) is 8.21. The minimum absolute atomic E-state index is 0.108. The molecule has 0 aliphatic heterocycles. The van der Waals surface area contributed by atoms with Crippen molar-refractivity contribution in [1.82, 2.24) is 0 Å². The van der Waals surface area contributed by atoms with Crippen LogP contribution in [0.25, 0.3) is 0 Å². The molecule has 102 valence electrons. The van der Waals surface area contributed by atoms with Crippen LogP contribution in [0.15, 0.2) is 22.7 Å². The summed E-state index contributed by atoms with van der Waals surface area (Å²) >= 11 is 3.18. The lowest BCUT2D eigenvalue weighted by Crippen LogP contribution is -2.34. The lowest BCUT2D eigenvalue weighted by Gasteiger charge is -2.18. The van der Waals surface area contributed by atoms with Gasteiger partial charge in [-0.1, -0.05) is 15.9 Å². The Morgan fingerprint density at radius 3 is 2.44 bits per heavy atom. The monoisotopic (exact) mass is 328 g/mol. The number of aliphatic hydroxyl groups excluding tert-OH is 2. The molecule has 1 aromatic rings. The van der Waals surface area contributed by atoms with Gasteiger partial charge in [-0.3, -0.25) is 0 Å². The van der Waals surface area contributed by atoms with E-state index in [4.69, 9.17) is 9.84 Å². The summed E-state index contributed by atoms with van der Waals surface area (Å²) in [6, 6.07) is 4.54. The number of hydrogen-bond donors (Lipinski definition) is 2. The summed E-state index contributed by atoms with van der Waals surface area (Å²) in [5.41, 5.74) is 0.346. The molecule has 0 heterocycles. The molecule has 18 heavy (non-hydrogen) atoms. The fourth-order valence-electron chi connectivity index (χ4n) is 1.24. The van der Waals surface area contributed by atoms with E-state index in [-0.39, 0.29) is 5.75 Å². The molecule has 0 spiro atoms. The van der Waals surface area contributed by atoms with Gasteiger partial charge in [-0.2, -0.15) is 13.2 Å². The van der Waals surface area contributed by atoms with Gasteiger partial charge in [0, 0.05) is 10.0 Å². The molecule has 0 aromatic heterocycles. The van der Waals surface area contributed by atoms with Crippen LogP contribution in [0.3, 0.4) is 0 Å². The van der Waals surface area contributed by atoms with E-state index < -0.39 is 25.0 Å². The molecule has 0 amide bonds. The van der Waals surface area contributed by atoms with E-state index in [9.17, 15) is 18.3 Å². The first-order valence-corrected chi connectivity index (χ1v) is 5.86. The zero-order valence-electron chi connectivity index (χ0n) is 9.41. The molecule has 0 saturated carbocycles. The molecule has 2 unspecified atom stereocenters. The zero-order valence-corrected chi connectivity index (χ0v) is 11.0. The molecule has 0 aliphatic rings. The first-order valence-electron chi connectivity index (χ1n) is 5.07. The Hall–Kier alpha value is -0.790. The molecule has 0 bridgehead atoms. The van der Waals surface area contributed by atoms with Crippen molar-refractivity contribution in [2.75, 3.05) is 6.61 Å². The predicted molar refractivity (Wildman–Crippen MR) is 62.3 cm³/mol. The maximum absolute atomic E-state index is 12.1. The molecular formula is C11H12BrF3O3. The third kappa shape index (κ3) is 4.15. The van der Waals surface area contributed by atoms with Gasteiger partial charge in [0.25, 0.3) is 0 Å². The smallest absolute Gasteiger partial charge is 0.417 e. The Balaban J connectivity index is 2.79.